The number of aromatic nitrogens is 1. The summed E-state index contributed by atoms with van der Waals surface area (Å²) in [4.78, 5) is 16.3. The molecule has 0 saturated carbocycles. The smallest absolute Gasteiger partial charge is 0.338 e. The Morgan fingerprint density at radius 1 is 1.23 bits per heavy atom. The third kappa shape index (κ3) is 4.92. The van der Waals surface area contributed by atoms with Gasteiger partial charge in [-0.3, -0.25) is 0 Å². The fourth-order valence-corrected chi connectivity index (χ4v) is 2.05. The molecule has 0 atom stereocenters. The molecule has 0 amide bonds. The Balaban J connectivity index is 2.01. The average Bonchev–Trinajstić information content (AvgIpc) is 2.65. The van der Waals surface area contributed by atoms with Crippen LogP contribution in [0.1, 0.15) is 21.6 Å². The number of ether oxygens (including phenoxy) is 2. The van der Waals surface area contributed by atoms with Gasteiger partial charge in [-0.25, -0.2) is 9.78 Å². The quantitative estimate of drug-likeness (QED) is 0.545. The van der Waals surface area contributed by atoms with Gasteiger partial charge in [0.25, 0.3) is 0 Å². The summed E-state index contributed by atoms with van der Waals surface area (Å²) in [7, 11) is 0. The van der Waals surface area contributed by atoms with E-state index in [0.717, 1.165) is 5.57 Å². The molecular weight excluding hydrogens is 328 g/mol. The van der Waals surface area contributed by atoms with Gasteiger partial charge in [0.15, 0.2) is 0 Å². The summed E-state index contributed by atoms with van der Waals surface area (Å²) >= 11 is 0. The second-order valence-electron chi connectivity index (χ2n) is 5.28. The molecule has 1 aromatic carbocycles. The van der Waals surface area contributed by atoms with Crippen LogP contribution in [0.25, 0.3) is 0 Å². The van der Waals surface area contributed by atoms with E-state index in [2.05, 4.69) is 24.2 Å². The topological polar surface area (TPSA) is 72.2 Å². The Kier molecular flexibility index (Phi) is 6.47. The Labute approximate surface area is 152 Å². The summed E-state index contributed by atoms with van der Waals surface area (Å²) in [5.41, 5.74) is 2.26. The zero-order chi connectivity index (χ0) is 18.9. The largest absolute Gasteiger partial charge is 0.457 e. The lowest BCUT2D eigenvalue weighted by Gasteiger charge is -2.08. The molecule has 5 heteroatoms. The number of hydrogen-bond donors (Lipinski definition) is 0. The van der Waals surface area contributed by atoms with Crippen molar-refractivity contribution in [3.8, 4) is 17.7 Å². The summed E-state index contributed by atoms with van der Waals surface area (Å²) < 4.78 is 10.9. The van der Waals surface area contributed by atoms with E-state index < -0.39 is 5.97 Å². The lowest BCUT2D eigenvalue weighted by Crippen LogP contribution is -2.07. The number of pyridine rings is 1. The van der Waals surface area contributed by atoms with Crippen LogP contribution in [0.4, 0.5) is 0 Å². The minimum atomic E-state index is -0.444. The van der Waals surface area contributed by atoms with Crippen molar-refractivity contribution in [2.45, 2.75) is 6.92 Å². The second kappa shape index (κ2) is 9.00. The van der Waals surface area contributed by atoms with E-state index in [1.165, 1.54) is 0 Å². The molecule has 2 aromatic rings. The molecule has 2 rings (SSSR count). The highest BCUT2D eigenvalue weighted by Gasteiger charge is 2.09. The number of nitriles is 1. The predicted octanol–water partition coefficient (Wildman–Crippen LogP) is 4.51. The van der Waals surface area contributed by atoms with Crippen LogP contribution in [0.15, 0.2) is 73.4 Å². The van der Waals surface area contributed by atoms with Gasteiger partial charge in [0, 0.05) is 6.07 Å². The number of carbonyl (C=O) groups is 1. The van der Waals surface area contributed by atoms with Crippen LogP contribution < -0.4 is 4.74 Å². The molecule has 0 bridgehead atoms. The first kappa shape index (κ1) is 18.7. The van der Waals surface area contributed by atoms with E-state index in [1.807, 2.05) is 0 Å². The van der Waals surface area contributed by atoms with Crippen LogP contribution in [0.3, 0.4) is 0 Å². The number of hydrogen-bond acceptors (Lipinski definition) is 5. The first-order chi connectivity index (χ1) is 12.6. The molecule has 0 saturated heterocycles. The summed E-state index contributed by atoms with van der Waals surface area (Å²) in [6.07, 6.45) is 4.94. The zero-order valence-electron chi connectivity index (χ0n) is 14.4. The van der Waals surface area contributed by atoms with E-state index in [-0.39, 0.29) is 6.61 Å². The van der Waals surface area contributed by atoms with Crippen LogP contribution in [-0.4, -0.2) is 17.6 Å². The first-order valence-electron chi connectivity index (χ1n) is 7.84. The molecule has 0 radical (unpaired) electrons. The lowest BCUT2D eigenvalue weighted by atomic mass is 10.2. The van der Waals surface area contributed by atoms with Gasteiger partial charge >= 0.3 is 5.97 Å². The highest BCUT2D eigenvalue weighted by Crippen LogP contribution is 2.21. The molecule has 0 aliphatic carbocycles. The molecule has 0 aliphatic heterocycles. The van der Waals surface area contributed by atoms with E-state index in [4.69, 9.17) is 14.7 Å². The minimum Gasteiger partial charge on any atom is -0.457 e. The number of carbonyl (C=O) groups excluding carboxylic acids is 1. The van der Waals surface area contributed by atoms with Crippen molar-refractivity contribution in [1.82, 2.24) is 4.98 Å². The van der Waals surface area contributed by atoms with E-state index >= 15 is 0 Å². The average molecular weight is 346 g/mol. The van der Waals surface area contributed by atoms with Gasteiger partial charge in [-0.15, -0.1) is 0 Å². The molecule has 0 fully saturated rings. The molecule has 1 aromatic heterocycles. The Bertz CT molecular complexity index is 890. The first-order valence-corrected chi connectivity index (χ1v) is 7.84. The van der Waals surface area contributed by atoms with Crippen molar-refractivity contribution in [2.75, 3.05) is 6.61 Å². The number of rotatable bonds is 7. The van der Waals surface area contributed by atoms with Gasteiger partial charge in [0.05, 0.1) is 16.8 Å². The van der Waals surface area contributed by atoms with Gasteiger partial charge in [-0.05, 0) is 42.8 Å². The molecule has 0 N–H and O–H groups in total. The highest BCUT2D eigenvalue weighted by molar-refractivity contribution is 5.89. The molecule has 1 heterocycles. The number of nitrogens with zero attached hydrogens (tertiary/aromatic N) is 2. The molecule has 130 valence electrons. The maximum absolute atomic E-state index is 12.1. The molecular formula is C21H18N2O3. The lowest BCUT2D eigenvalue weighted by molar-refractivity contribution is 0.0543. The van der Waals surface area contributed by atoms with Crippen molar-refractivity contribution in [2.24, 2.45) is 0 Å². The maximum atomic E-state index is 12.1. The third-order valence-corrected chi connectivity index (χ3v) is 3.46. The Morgan fingerprint density at radius 3 is 2.54 bits per heavy atom. The standard InChI is InChI=1S/C21H18N2O3/c1-4-6-16(5-2)14-25-21(24)17-7-10-19(11-8-17)26-20-12-9-18(13-22)15(3)23-20/h4-12H,1-2,14H2,3H3/b16-6+. The summed E-state index contributed by atoms with van der Waals surface area (Å²) in [6, 6.07) is 11.9. The summed E-state index contributed by atoms with van der Waals surface area (Å²) in [5, 5.41) is 8.92. The van der Waals surface area contributed by atoms with Crippen LogP contribution in [0.2, 0.25) is 0 Å². The normalized spacial score (nSPS) is 10.5. The van der Waals surface area contributed by atoms with Crippen molar-refractivity contribution in [1.29, 1.82) is 5.26 Å². The number of allylic oxidation sites excluding steroid dienone is 2. The van der Waals surface area contributed by atoms with Gasteiger partial charge in [-0.2, -0.15) is 5.26 Å². The fourth-order valence-electron chi connectivity index (χ4n) is 2.05. The zero-order valence-corrected chi connectivity index (χ0v) is 14.4. The van der Waals surface area contributed by atoms with Gasteiger partial charge < -0.3 is 9.47 Å². The van der Waals surface area contributed by atoms with Crippen LogP contribution in [-0.2, 0) is 4.74 Å². The fraction of sp³-hybridized carbons (Fsp3) is 0.0952. The number of esters is 1. The summed E-state index contributed by atoms with van der Waals surface area (Å²) in [5.74, 6) is 0.458. The van der Waals surface area contributed by atoms with Gasteiger partial charge in [0.1, 0.15) is 18.4 Å². The second-order valence-corrected chi connectivity index (χ2v) is 5.28. The van der Waals surface area contributed by atoms with Gasteiger partial charge in [-0.1, -0.05) is 31.4 Å². The van der Waals surface area contributed by atoms with E-state index in [1.54, 1.807) is 61.5 Å². The number of benzene rings is 1. The number of aryl methyl sites for hydroxylation is 1. The highest BCUT2D eigenvalue weighted by atomic mass is 16.5. The van der Waals surface area contributed by atoms with Crippen molar-refractivity contribution >= 4 is 5.97 Å². The predicted molar refractivity (Wildman–Crippen MR) is 99.0 cm³/mol. The van der Waals surface area contributed by atoms with Crippen molar-refractivity contribution in [3.05, 3.63) is 90.2 Å². The van der Waals surface area contributed by atoms with Crippen LogP contribution >= 0.6 is 0 Å². The van der Waals surface area contributed by atoms with Gasteiger partial charge in [0.2, 0.25) is 5.88 Å². The van der Waals surface area contributed by atoms with Crippen LogP contribution in [0.5, 0.6) is 11.6 Å². The Morgan fingerprint density at radius 2 is 1.96 bits per heavy atom. The maximum Gasteiger partial charge on any atom is 0.338 e. The van der Waals surface area contributed by atoms with E-state index in [9.17, 15) is 4.79 Å². The van der Waals surface area contributed by atoms with Crippen molar-refractivity contribution in [3.63, 3.8) is 0 Å². The monoisotopic (exact) mass is 346 g/mol. The van der Waals surface area contributed by atoms with E-state index in [0.29, 0.717) is 28.5 Å². The summed E-state index contributed by atoms with van der Waals surface area (Å²) in [6.45, 7) is 9.11. The molecule has 5 nitrogen and oxygen atoms in total. The Hall–Kier alpha value is -3.65. The minimum absolute atomic E-state index is 0.126. The van der Waals surface area contributed by atoms with Crippen LogP contribution in [0, 0.1) is 18.3 Å². The van der Waals surface area contributed by atoms with Crippen molar-refractivity contribution < 1.29 is 14.3 Å². The molecule has 0 aliphatic rings. The molecule has 0 unspecified atom stereocenters. The third-order valence-electron chi connectivity index (χ3n) is 3.46. The molecule has 26 heavy (non-hydrogen) atoms. The molecule has 0 spiro atoms. The SMILES string of the molecule is C=C/C=C(\C=C)COC(=O)c1ccc(Oc2ccc(C#N)c(C)n2)cc1.